The topological polar surface area (TPSA) is 52.9 Å². The Hall–Kier alpha value is -2.03. The predicted octanol–water partition coefficient (Wildman–Crippen LogP) is 2.25. The van der Waals surface area contributed by atoms with Crippen LogP contribution in [0.15, 0.2) is 29.4 Å². The molecule has 1 N–H and O–H groups in total. The van der Waals surface area contributed by atoms with Gasteiger partial charge in [-0.15, -0.1) is 0 Å². The van der Waals surface area contributed by atoms with Gasteiger partial charge in [-0.05, 0) is 24.3 Å². The highest BCUT2D eigenvalue weighted by atomic mass is 19.3. The summed E-state index contributed by atoms with van der Waals surface area (Å²) in [4.78, 5) is 12.0. The van der Waals surface area contributed by atoms with Crippen molar-refractivity contribution in [1.82, 2.24) is 5.01 Å². The van der Waals surface area contributed by atoms with Crippen molar-refractivity contribution in [2.75, 3.05) is 0 Å². The molecule has 1 amide bonds. The van der Waals surface area contributed by atoms with Crippen LogP contribution in [0.3, 0.4) is 0 Å². The van der Waals surface area contributed by atoms with Crippen LogP contribution in [-0.4, -0.2) is 40.3 Å². The molecule has 0 fully saturated rings. The van der Waals surface area contributed by atoms with Gasteiger partial charge in [-0.3, -0.25) is 4.79 Å². The second kappa shape index (κ2) is 5.40. The molecule has 2 rings (SSSR count). The smallest absolute Gasteiger partial charge is 0.287 e. The summed E-state index contributed by atoms with van der Waals surface area (Å²) in [6.45, 7) is 0. The normalized spacial score (nSPS) is 22.1. The van der Waals surface area contributed by atoms with Gasteiger partial charge in [0, 0.05) is 12.0 Å². The zero-order valence-corrected chi connectivity index (χ0v) is 10.3. The second-order valence-electron chi connectivity index (χ2n) is 4.37. The maximum Gasteiger partial charge on any atom is 0.287 e. The minimum atomic E-state index is -3.50. The molecule has 0 bridgehead atoms. The Morgan fingerprint density at radius 1 is 1.24 bits per heavy atom. The second-order valence-corrected chi connectivity index (χ2v) is 4.37. The summed E-state index contributed by atoms with van der Waals surface area (Å²) >= 11 is 0. The number of carbonyl (C=O) groups excluding carboxylic acids is 1. The first kappa shape index (κ1) is 15.4. The third-order valence-electron chi connectivity index (χ3n) is 2.92. The van der Waals surface area contributed by atoms with Gasteiger partial charge >= 0.3 is 0 Å². The number of alkyl halides is 4. The van der Waals surface area contributed by atoms with E-state index in [0.29, 0.717) is 0 Å². The quantitative estimate of drug-likeness (QED) is 0.871. The summed E-state index contributed by atoms with van der Waals surface area (Å²) in [5.41, 5.74) is -4.43. The van der Waals surface area contributed by atoms with Crippen LogP contribution in [0.25, 0.3) is 0 Å². The van der Waals surface area contributed by atoms with Gasteiger partial charge in [0.2, 0.25) is 5.72 Å². The van der Waals surface area contributed by atoms with Gasteiger partial charge in [0.15, 0.2) is 0 Å². The van der Waals surface area contributed by atoms with Crippen molar-refractivity contribution in [2.24, 2.45) is 5.10 Å². The molecule has 1 heterocycles. The zero-order valence-electron chi connectivity index (χ0n) is 10.3. The van der Waals surface area contributed by atoms with E-state index in [0.717, 1.165) is 24.3 Å². The maximum absolute atomic E-state index is 12.9. The molecule has 1 atom stereocenters. The number of nitrogens with zero attached hydrogens (tertiary/aromatic N) is 2. The Morgan fingerprint density at radius 3 is 2.29 bits per heavy atom. The van der Waals surface area contributed by atoms with E-state index in [1.807, 2.05) is 0 Å². The van der Waals surface area contributed by atoms with E-state index in [1.165, 1.54) is 0 Å². The van der Waals surface area contributed by atoms with Crippen LogP contribution in [-0.2, 0) is 0 Å². The van der Waals surface area contributed by atoms with Crippen LogP contribution in [0.4, 0.5) is 22.0 Å². The highest BCUT2D eigenvalue weighted by Crippen LogP contribution is 2.34. The summed E-state index contributed by atoms with van der Waals surface area (Å²) in [6, 6.07) is 3.73. The number of aliphatic hydroxyl groups is 1. The highest BCUT2D eigenvalue weighted by molar-refractivity contribution is 5.99. The van der Waals surface area contributed by atoms with E-state index in [1.54, 1.807) is 0 Å². The van der Waals surface area contributed by atoms with Crippen LogP contribution in [0, 0.1) is 5.82 Å². The van der Waals surface area contributed by atoms with Crippen molar-refractivity contribution in [1.29, 1.82) is 0 Å². The first-order valence-electron chi connectivity index (χ1n) is 5.72. The van der Waals surface area contributed by atoms with Gasteiger partial charge in [0.1, 0.15) is 11.5 Å². The van der Waals surface area contributed by atoms with Gasteiger partial charge in [-0.2, -0.15) is 10.1 Å². The Labute approximate surface area is 115 Å². The number of amides is 1. The Bertz CT molecular complexity index is 576. The minimum absolute atomic E-state index is 0.0770. The molecule has 0 aliphatic carbocycles. The molecule has 0 spiro atoms. The van der Waals surface area contributed by atoms with Crippen LogP contribution in [0.1, 0.15) is 16.8 Å². The number of hydrazone groups is 1. The number of benzene rings is 1. The molecule has 1 aromatic rings. The molecule has 21 heavy (non-hydrogen) atoms. The third-order valence-corrected chi connectivity index (χ3v) is 2.92. The van der Waals surface area contributed by atoms with Crippen LogP contribution in [0.2, 0.25) is 0 Å². The van der Waals surface area contributed by atoms with Gasteiger partial charge in [0.05, 0.1) is 0 Å². The summed E-state index contributed by atoms with van der Waals surface area (Å²) in [6.07, 6.45) is -7.84. The van der Waals surface area contributed by atoms with E-state index >= 15 is 0 Å². The van der Waals surface area contributed by atoms with E-state index in [2.05, 4.69) is 5.10 Å². The molecule has 1 aliphatic heterocycles. The first-order valence-corrected chi connectivity index (χ1v) is 5.72. The molecule has 0 unspecified atom stereocenters. The number of halogens is 5. The van der Waals surface area contributed by atoms with Gasteiger partial charge in [-0.25, -0.2) is 22.0 Å². The Kier molecular flexibility index (Phi) is 3.95. The largest absolute Gasteiger partial charge is 0.364 e. The number of hydrogen-bond donors (Lipinski definition) is 1. The standard InChI is InChI=1S/C12H9F5N2O2/c13-7-3-1-6(2-4-7)10(20)19-12(21,11(16)17)5-8(18-19)9(14)15/h1-4,9,11,21H,5H2/t12-/m0/s1. The van der Waals surface area contributed by atoms with Crippen molar-refractivity contribution >= 4 is 11.6 Å². The van der Waals surface area contributed by atoms with Crippen molar-refractivity contribution in [2.45, 2.75) is 25.0 Å². The summed E-state index contributed by atoms with van der Waals surface area (Å²) in [5, 5.41) is 12.8. The lowest BCUT2D eigenvalue weighted by Gasteiger charge is -2.29. The van der Waals surface area contributed by atoms with E-state index in [9.17, 15) is 31.9 Å². The first-order chi connectivity index (χ1) is 9.75. The number of carbonyl (C=O) groups is 1. The summed E-state index contributed by atoms with van der Waals surface area (Å²) in [7, 11) is 0. The Balaban J connectivity index is 2.38. The molecule has 114 valence electrons. The average Bonchev–Trinajstić information content (AvgIpc) is 2.78. The highest BCUT2D eigenvalue weighted by Gasteiger charge is 2.53. The maximum atomic E-state index is 12.9. The number of hydrogen-bond acceptors (Lipinski definition) is 3. The molecule has 9 heteroatoms. The lowest BCUT2D eigenvalue weighted by atomic mass is 10.1. The van der Waals surface area contributed by atoms with Crippen molar-refractivity contribution in [3.8, 4) is 0 Å². The Morgan fingerprint density at radius 2 is 1.81 bits per heavy atom. The van der Waals surface area contributed by atoms with Crippen molar-refractivity contribution in [3.05, 3.63) is 35.6 Å². The van der Waals surface area contributed by atoms with Crippen molar-refractivity contribution < 1.29 is 31.9 Å². The van der Waals surface area contributed by atoms with Crippen LogP contribution < -0.4 is 0 Å². The summed E-state index contributed by atoms with van der Waals surface area (Å²) < 4.78 is 63.7. The molecule has 1 aliphatic rings. The molecular weight excluding hydrogens is 299 g/mol. The molecule has 1 aromatic carbocycles. The predicted molar refractivity (Wildman–Crippen MR) is 61.6 cm³/mol. The summed E-state index contributed by atoms with van der Waals surface area (Å²) in [5.74, 6) is -1.90. The van der Waals surface area contributed by atoms with E-state index < -0.39 is 42.4 Å². The lowest BCUT2D eigenvalue weighted by Crippen LogP contribution is -2.51. The molecule has 4 nitrogen and oxygen atoms in total. The molecular formula is C12H9F5N2O2. The molecule has 0 radical (unpaired) electrons. The fraction of sp³-hybridized carbons (Fsp3) is 0.333. The monoisotopic (exact) mass is 308 g/mol. The third kappa shape index (κ3) is 2.73. The SMILES string of the molecule is O=C(c1ccc(F)cc1)N1N=C(C(F)F)C[C@]1(O)C(F)F. The lowest BCUT2D eigenvalue weighted by molar-refractivity contribution is -0.164. The fourth-order valence-electron chi connectivity index (χ4n) is 1.82. The average molecular weight is 308 g/mol. The van der Waals surface area contributed by atoms with Gasteiger partial charge in [-0.1, -0.05) is 0 Å². The fourth-order valence-corrected chi connectivity index (χ4v) is 1.82. The van der Waals surface area contributed by atoms with Crippen molar-refractivity contribution in [3.63, 3.8) is 0 Å². The van der Waals surface area contributed by atoms with Crippen LogP contribution >= 0.6 is 0 Å². The molecule has 0 saturated heterocycles. The van der Waals surface area contributed by atoms with E-state index in [-0.39, 0.29) is 10.6 Å². The minimum Gasteiger partial charge on any atom is -0.364 e. The van der Waals surface area contributed by atoms with Gasteiger partial charge < -0.3 is 5.11 Å². The van der Waals surface area contributed by atoms with Crippen LogP contribution in [0.5, 0.6) is 0 Å². The molecule has 0 aromatic heterocycles. The van der Waals surface area contributed by atoms with E-state index in [4.69, 9.17) is 0 Å². The van der Waals surface area contributed by atoms with Gasteiger partial charge in [0.25, 0.3) is 18.8 Å². The molecule has 0 saturated carbocycles. The zero-order chi connectivity index (χ0) is 15.8. The number of rotatable bonds is 3.